The van der Waals surface area contributed by atoms with Crippen LogP contribution in [-0.4, -0.2) is 7.05 Å². The molecule has 1 heterocycles. The number of hydrogen-bond acceptors (Lipinski definition) is 2. The van der Waals surface area contributed by atoms with Crippen molar-refractivity contribution in [3.05, 3.63) is 46.3 Å². The van der Waals surface area contributed by atoms with Crippen LogP contribution in [0.15, 0.2) is 35.7 Å². The van der Waals surface area contributed by atoms with Crippen LogP contribution >= 0.6 is 22.9 Å². The molecule has 0 saturated carbocycles. The molecule has 0 amide bonds. The molecular weight excluding hydrogens is 226 g/mol. The van der Waals surface area contributed by atoms with E-state index in [-0.39, 0.29) is 0 Å². The molecule has 1 aromatic heterocycles. The lowest BCUT2D eigenvalue weighted by Crippen LogP contribution is -2.04. The van der Waals surface area contributed by atoms with Gasteiger partial charge in [-0.15, -0.1) is 11.3 Å². The summed E-state index contributed by atoms with van der Waals surface area (Å²) in [5.74, 6) is 0. The van der Waals surface area contributed by atoms with Gasteiger partial charge in [-0.05, 0) is 29.6 Å². The topological polar surface area (TPSA) is 12.0 Å². The van der Waals surface area contributed by atoms with E-state index in [1.807, 2.05) is 18.5 Å². The zero-order chi connectivity index (χ0) is 10.7. The first-order valence-corrected chi connectivity index (χ1v) is 6.04. The van der Waals surface area contributed by atoms with Crippen LogP contribution in [0.4, 0.5) is 0 Å². The molecular formula is C12H12ClNS. The molecule has 2 aromatic rings. The zero-order valence-electron chi connectivity index (χ0n) is 8.46. The minimum Gasteiger partial charge on any atom is -0.316 e. The van der Waals surface area contributed by atoms with Crippen molar-refractivity contribution in [2.24, 2.45) is 0 Å². The second-order valence-corrected chi connectivity index (χ2v) is 4.65. The molecule has 2 rings (SSSR count). The number of halogens is 1. The molecule has 0 aliphatic carbocycles. The lowest BCUT2D eigenvalue weighted by atomic mass is 10.1. The van der Waals surface area contributed by atoms with Gasteiger partial charge in [0.05, 0.1) is 9.90 Å². The first kappa shape index (κ1) is 10.7. The third-order valence-corrected chi connectivity index (χ3v) is 3.60. The van der Waals surface area contributed by atoms with Crippen molar-refractivity contribution in [2.75, 3.05) is 7.05 Å². The van der Waals surface area contributed by atoms with Gasteiger partial charge in [0.2, 0.25) is 0 Å². The Morgan fingerprint density at radius 3 is 2.47 bits per heavy atom. The van der Waals surface area contributed by atoms with Gasteiger partial charge in [-0.1, -0.05) is 35.9 Å². The van der Waals surface area contributed by atoms with Crippen molar-refractivity contribution in [3.63, 3.8) is 0 Å². The first-order chi connectivity index (χ1) is 7.31. The highest BCUT2D eigenvalue weighted by molar-refractivity contribution is 7.14. The Morgan fingerprint density at radius 1 is 1.20 bits per heavy atom. The van der Waals surface area contributed by atoms with Gasteiger partial charge in [0, 0.05) is 6.54 Å². The molecule has 0 spiro atoms. The molecule has 0 fully saturated rings. The van der Waals surface area contributed by atoms with Crippen LogP contribution in [0.25, 0.3) is 10.4 Å². The van der Waals surface area contributed by atoms with E-state index in [0.29, 0.717) is 0 Å². The highest BCUT2D eigenvalue weighted by atomic mass is 35.5. The van der Waals surface area contributed by atoms with Crippen molar-refractivity contribution in [3.8, 4) is 10.4 Å². The van der Waals surface area contributed by atoms with Crippen LogP contribution in [0.3, 0.4) is 0 Å². The Kier molecular flexibility index (Phi) is 3.41. The molecule has 1 N–H and O–H groups in total. The van der Waals surface area contributed by atoms with E-state index >= 15 is 0 Å². The zero-order valence-corrected chi connectivity index (χ0v) is 10.0. The highest BCUT2D eigenvalue weighted by Gasteiger charge is 2.04. The van der Waals surface area contributed by atoms with Gasteiger partial charge in [-0.3, -0.25) is 0 Å². The normalized spacial score (nSPS) is 10.5. The monoisotopic (exact) mass is 237 g/mol. The molecule has 0 bridgehead atoms. The summed E-state index contributed by atoms with van der Waals surface area (Å²) in [7, 11) is 1.95. The van der Waals surface area contributed by atoms with Gasteiger partial charge in [-0.25, -0.2) is 0 Å². The molecule has 3 heteroatoms. The summed E-state index contributed by atoms with van der Waals surface area (Å²) in [5.41, 5.74) is 2.48. The van der Waals surface area contributed by atoms with E-state index in [1.165, 1.54) is 11.1 Å². The number of benzene rings is 1. The average Bonchev–Trinajstić information content (AvgIpc) is 2.66. The Labute approximate surface area is 98.7 Å². The number of hydrogen-bond donors (Lipinski definition) is 1. The van der Waals surface area contributed by atoms with Crippen molar-refractivity contribution in [1.82, 2.24) is 5.32 Å². The molecule has 78 valence electrons. The third kappa shape index (κ3) is 2.40. The van der Waals surface area contributed by atoms with Gasteiger partial charge in [0.1, 0.15) is 0 Å². The van der Waals surface area contributed by atoms with Crippen molar-refractivity contribution in [1.29, 1.82) is 0 Å². The fourth-order valence-corrected chi connectivity index (χ4v) is 2.65. The molecule has 0 atom stereocenters. The maximum absolute atomic E-state index is 6.07. The maximum atomic E-state index is 6.07. The molecule has 15 heavy (non-hydrogen) atoms. The van der Waals surface area contributed by atoms with Gasteiger partial charge in [0.15, 0.2) is 0 Å². The van der Waals surface area contributed by atoms with Crippen LogP contribution < -0.4 is 5.32 Å². The molecule has 1 nitrogen and oxygen atoms in total. The summed E-state index contributed by atoms with van der Waals surface area (Å²) in [6.45, 7) is 0.901. The minimum atomic E-state index is 0.835. The molecule has 0 radical (unpaired) electrons. The number of thiophene rings is 1. The van der Waals surface area contributed by atoms with Crippen LogP contribution in [0, 0.1) is 0 Å². The third-order valence-electron chi connectivity index (χ3n) is 2.21. The first-order valence-electron chi connectivity index (χ1n) is 4.78. The van der Waals surface area contributed by atoms with Crippen LogP contribution in [-0.2, 0) is 6.54 Å². The molecule has 0 aliphatic heterocycles. The number of rotatable bonds is 3. The van der Waals surface area contributed by atoms with Crippen LogP contribution in [0.1, 0.15) is 5.56 Å². The maximum Gasteiger partial charge on any atom is 0.0592 e. The van der Waals surface area contributed by atoms with Crippen molar-refractivity contribution < 1.29 is 0 Å². The standard InChI is InChI=1S/C12H12ClNS/c1-14-8-9-2-4-10(5-3-9)12-11(13)6-7-15-12/h2-7,14H,8H2,1H3. The summed E-state index contributed by atoms with van der Waals surface area (Å²) in [4.78, 5) is 1.15. The molecule has 0 saturated heterocycles. The predicted octanol–water partition coefficient (Wildman–Crippen LogP) is 3.79. The molecule has 0 unspecified atom stereocenters. The van der Waals surface area contributed by atoms with Crippen LogP contribution in [0.5, 0.6) is 0 Å². The lowest BCUT2D eigenvalue weighted by Gasteiger charge is -2.02. The average molecular weight is 238 g/mol. The van der Waals surface area contributed by atoms with E-state index in [4.69, 9.17) is 11.6 Å². The second kappa shape index (κ2) is 4.79. The number of nitrogens with one attached hydrogen (secondary N) is 1. The van der Waals surface area contributed by atoms with Crippen molar-refractivity contribution >= 4 is 22.9 Å². The second-order valence-electron chi connectivity index (χ2n) is 3.32. The van der Waals surface area contributed by atoms with E-state index < -0.39 is 0 Å². The summed E-state index contributed by atoms with van der Waals surface area (Å²) < 4.78 is 0. The highest BCUT2D eigenvalue weighted by Crippen LogP contribution is 2.33. The Hall–Kier alpha value is -0.830. The largest absolute Gasteiger partial charge is 0.316 e. The van der Waals surface area contributed by atoms with Gasteiger partial charge in [-0.2, -0.15) is 0 Å². The fourth-order valence-electron chi connectivity index (χ4n) is 1.48. The summed E-state index contributed by atoms with van der Waals surface area (Å²) >= 11 is 7.75. The van der Waals surface area contributed by atoms with Crippen molar-refractivity contribution in [2.45, 2.75) is 6.54 Å². The van der Waals surface area contributed by atoms with E-state index in [9.17, 15) is 0 Å². The van der Waals surface area contributed by atoms with Gasteiger partial charge in [0.25, 0.3) is 0 Å². The summed E-state index contributed by atoms with van der Waals surface area (Å²) in [5, 5.41) is 5.97. The van der Waals surface area contributed by atoms with E-state index in [1.54, 1.807) is 11.3 Å². The Morgan fingerprint density at radius 2 is 1.93 bits per heavy atom. The fraction of sp³-hybridized carbons (Fsp3) is 0.167. The SMILES string of the molecule is CNCc1ccc(-c2sccc2Cl)cc1. The van der Waals surface area contributed by atoms with E-state index in [2.05, 4.69) is 29.6 Å². The Balaban J connectivity index is 2.28. The smallest absolute Gasteiger partial charge is 0.0592 e. The van der Waals surface area contributed by atoms with Gasteiger partial charge >= 0.3 is 0 Å². The van der Waals surface area contributed by atoms with E-state index in [0.717, 1.165) is 16.4 Å². The minimum absolute atomic E-state index is 0.835. The Bertz CT molecular complexity index is 433. The quantitative estimate of drug-likeness (QED) is 0.857. The lowest BCUT2D eigenvalue weighted by molar-refractivity contribution is 0.818. The molecule has 0 aliphatic rings. The summed E-state index contributed by atoms with van der Waals surface area (Å²) in [6.07, 6.45) is 0. The van der Waals surface area contributed by atoms with Gasteiger partial charge < -0.3 is 5.32 Å². The van der Waals surface area contributed by atoms with Crippen LogP contribution in [0.2, 0.25) is 5.02 Å². The molecule has 1 aromatic carbocycles. The summed E-state index contributed by atoms with van der Waals surface area (Å²) in [6, 6.07) is 10.4. The predicted molar refractivity (Wildman–Crippen MR) is 67.5 cm³/mol.